The van der Waals surface area contributed by atoms with E-state index in [1.165, 1.54) is 6.07 Å². The van der Waals surface area contributed by atoms with Crippen LogP contribution in [0.15, 0.2) is 24.3 Å². The lowest BCUT2D eigenvalue weighted by Gasteiger charge is -2.27. The third-order valence-electron chi connectivity index (χ3n) is 2.48. The van der Waals surface area contributed by atoms with Crippen molar-refractivity contribution in [2.75, 3.05) is 5.32 Å². The highest BCUT2D eigenvalue weighted by Gasteiger charge is 2.76. The van der Waals surface area contributed by atoms with Crippen LogP contribution >= 0.6 is 0 Å². The quantitative estimate of drug-likeness (QED) is 0.832. The zero-order valence-electron chi connectivity index (χ0n) is 10.3. The summed E-state index contributed by atoms with van der Waals surface area (Å²) in [7, 11) is 0. The van der Waals surface area contributed by atoms with Crippen molar-refractivity contribution in [1.82, 2.24) is 0 Å². The number of carbonyl (C=O) groups excluding carboxylic acids is 2. The van der Waals surface area contributed by atoms with E-state index in [-0.39, 0.29) is 0 Å². The molecule has 0 aromatic heterocycles. The summed E-state index contributed by atoms with van der Waals surface area (Å²) < 4.78 is 87.5. The zero-order chi connectivity index (χ0) is 17.3. The molecule has 3 N–H and O–H groups in total. The molecule has 1 aromatic carbocycles. The van der Waals surface area contributed by atoms with E-state index >= 15 is 0 Å². The maximum Gasteiger partial charge on any atom is 0.460 e. The first-order chi connectivity index (χ1) is 9.82. The molecule has 4 nitrogen and oxygen atoms in total. The highest BCUT2D eigenvalue weighted by molar-refractivity contribution is 6.04. The normalized spacial score (nSPS) is 12.9. The first-order valence-corrected chi connectivity index (χ1v) is 5.35. The smallest absolute Gasteiger partial charge is 0.366 e. The van der Waals surface area contributed by atoms with Crippen LogP contribution < -0.4 is 11.1 Å². The van der Waals surface area contributed by atoms with E-state index in [2.05, 4.69) is 0 Å². The standard InChI is InChI=1S/C11H7F7N2O2/c12-9(13,10(14,15)11(16,17)18)8(22)20-6-4-2-1-3-5(6)7(19)21/h1-4H,(H2,19,21)(H,20,22). The van der Waals surface area contributed by atoms with Crippen LogP contribution in [0.3, 0.4) is 0 Å². The Labute approximate surface area is 118 Å². The second-order valence-electron chi connectivity index (χ2n) is 4.01. The largest absolute Gasteiger partial charge is 0.460 e. The van der Waals surface area contributed by atoms with Gasteiger partial charge in [-0.25, -0.2) is 0 Å². The molecular weight excluding hydrogens is 325 g/mol. The predicted molar refractivity (Wildman–Crippen MR) is 59.5 cm³/mol. The van der Waals surface area contributed by atoms with Gasteiger partial charge < -0.3 is 11.1 Å². The van der Waals surface area contributed by atoms with Crippen molar-refractivity contribution in [3.63, 3.8) is 0 Å². The summed E-state index contributed by atoms with van der Waals surface area (Å²) in [6, 6.07) is 4.11. The second-order valence-corrected chi connectivity index (χ2v) is 4.01. The Hall–Kier alpha value is -2.33. The molecule has 11 heteroatoms. The van der Waals surface area contributed by atoms with Gasteiger partial charge in [0, 0.05) is 0 Å². The monoisotopic (exact) mass is 332 g/mol. The van der Waals surface area contributed by atoms with Gasteiger partial charge in [0.05, 0.1) is 11.3 Å². The molecule has 0 unspecified atom stereocenters. The van der Waals surface area contributed by atoms with Gasteiger partial charge in [-0.05, 0) is 12.1 Å². The number of benzene rings is 1. The van der Waals surface area contributed by atoms with Gasteiger partial charge in [-0.3, -0.25) is 9.59 Å². The van der Waals surface area contributed by atoms with Crippen LogP contribution in [-0.4, -0.2) is 29.8 Å². The fraction of sp³-hybridized carbons (Fsp3) is 0.273. The number of alkyl halides is 7. The Morgan fingerprint density at radius 1 is 0.955 bits per heavy atom. The van der Waals surface area contributed by atoms with E-state index in [9.17, 15) is 40.3 Å². The fourth-order valence-electron chi connectivity index (χ4n) is 1.33. The van der Waals surface area contributed by atoms with Gasteiger partial charge in [-0.1, -0.05) is 12.1 Å². The van der Waals surface area contributed by atoms with Crippen LogP contribution in [0.5, 0.6) is 0 Å². The maximum absolute atomic E-state index is 13.1. The fourth-order valence-corrected chi connectivity index (χ4v) is 1.33. The van der Waals surface area contributed by atoms with Crippen molar-refractivity contribution in [1.29, 1.82) is 0 Å². The van der Waals surface area contributed by atoms with Crippen LogP contribution in [0.1, 0.15) is 10.4 Å². The SMILES string of the molecule is NC(=O)c1ccccc1NC(=O)C(F)(F)C(F)(F)C(F)(F)F. The molecule has 0 aliphatic heterocycles. The van der Waals surface area contributed by atoms with Gasteiger partial charge >= 0.3 is 23.9 Å². The molecule has 122 valence electrons. The molecule has 0 radical (unpaired) electrons. The third kappa shape index (κ3) is 2.97. The highest BCUT2D eigenvalue weighted by Crippen LogP contribution is 2.46. The number of nitrogens with two attached hydrogens (primary N) is 1. The average molecular weight is 332 g/mol. The van der Waals surface area contributed by atoms with Gasteiger partial charge in [-0.15, -0.1) is 0 Å². The number of carbonyl (C=O) groups is 2. The first-order valence-electron chi connectivity index (χ1n) is 5.35. The predicted octanol–water partition coefficient (Wildman–Crippen LogP) is 2.56. The molecule has 0 bridgehead atoms. The molecule has 1 aromatic rings. The number of para-hydroxylation sites is 1. The van der Waals surface area contributed by atoms with Crippen molar-refractivity contribution in [3.05, 3.63) is 29.8 Å². The molecule has 2 amide bonds. The molecule has 1 rings (SSSR count). The number of halogens is 7. The number of amides is 2. The number of primary amides is 1. The minimum Gasteiger partial charge on any atom is -0.366 e. The average Bonchev–Trinajstić information content (AvgIpc) is 2.37. The number of nitrogens with one attached hydrogen (secondary N) is 1. The van der Waals surface area contributed by atoms with E-state index < -0.39 is 41.1 Å². The van der Waals surface area contributed by atoms with Crippen molar-refractivity contribution < 1.29 is 40.3 Å². The molecule has 0 fully saturated rings. The number of hydrogen-bond donors (Lipinski definition) is 2. The molecule has 0 aliphatic carbocycles. The summed E-state index contributed by atoms with van der Waals surface area (Å²) in [6.07, 6.45) is -6.64. The first kappa shape index (κ1) is 17.7. The molecule has 22 heavy (non-hydrogen) atoms. The summed E-state index contributed by atoms with van der Waals surface area (Å²) in [5.41, 5.74) is 3.58. The Kier molecular flexibility index (Phi) is 4.40. The van der Waals surface area contributed by atoms with Crippen molar-refractivity contribution in [3.8, 4) is 0 Å². The summed E-state index contributed by atoms with van der Waals surface area (Å²) >= 11 is 0. The van der Waals surface area contributed by atoms with Gasteiger partial charge in [-0.2, -0.15) is 30.7 Å². The molecule has 0 spiro atoms. The van der Waals surface area contributed by atoms with E-state index in [0.29, 0.717) is 0 Å². The Morgan fingerprint density at radius 2 is 1.45 bits per heavy atom. The molecule has 0 atom stereocenters. The van der Waals surface area contributed by atoms with Gasteiger partial charge in [0.25, 0.3) is 5.91 Å². The lowest BCUT2D eigenvalue weighted by molar-refractivity contribution is -0.343. The maximum atomic E-state index is 13.1. The molecule has 0 heterocycles. The lowest BCUT2D eigenvalue weighted by atomic mass is 10.1. The summed E-state index contributed by atoms with van der Waals surface area (Å²) in [4.78, 5) is 22.1. The lowest BCUT2D eigenvalue weighted by Crippen LogP contribution is -2.57. The van der Waals surface area contributed by atoms with Crippen LogP contribution in [0.2, 0.25) is 0 Å². The summed E-state index contributed by atoms with van der Waals surface area (Å²) in [5, 5.41) is 1.14. The Bertz CT molecular complexity index is 598. The highest BCUT2D eigenvalue weighted by atomic mass is 19.4. The minimum atomic E-state index is -6.64. The Balaban J connectivity index is 3.15. The topological polar surface area (TPSA) is 72.2 Å². The van der Waals surface area contributed by atoms with E-state index in [1.54, 1.807) is 0 Å². The van der Waals surface area contributed by atoms with Crippen LogP contribution in [0.25, 0.3) is 0 Å². The van der Waals surface area contributed by atoms with Gasteiger partial charge in [0.1, 0.15) is 0 Å². The van der Waals surface area contributed by atoms with Crippen LogP contribution in [0, 0.1) is 0 Å². The van der Waals surface area contributed by atoms with Gasteiger partial charge in [0.2, 0.25) is 0 Å². The summed E-state index contributed by atoms with van der Waals surface area (Å²) in [5.74, 6) is -16.8. The zero-order valence-corrected chi connectivity index (χ0v) is 10.3. The minimum absolute atomic E-state index is 0.540. The summed E-state index contributed by atoms with van der Waals surface area (Å²) in [6.45, 7) is 0. The number of rotatable bonds is 4. The van der Waals surface area contributed by atoms with E-state index in [4.69, 9.17) is 5.73 Å². The van der Waals surface area contributed by atoms with Gasteiger partial charge in [0.15, 0.2) is 0 Å². The molecule has 0 aliphatic rings. The van der Waals surface area contributed by atoms with Crippen molar-refractivity contribution in [2.24, 2.45) is 5.73 Å². The Morgan fingerprint density at radius 3 is 1.91 bits per heavy atom. The van der Waals surface area contributed by atoms with Crippen molar-refractivity contribution >= 4 is 17.5 Å². The molecule has 0 saturated carbocycles. The third-order valence-corrected chi connectivity index (χ3v) is 2.48. The van der Waals surface area contributed by atoms with Crippen molar-refractivity contribution in [2.45, 2.75) is 18.0 Å². The molecular formula is C11H7F7N2O2. The van der Waals surface area contributed by atoms with Crippen LogP contribution in [-0.2, 0) is 4.79 Å². The van der Waals surface area contributed by atoms with E-state index in [1.807, 2.05) is 0 Å². The number of anilines is 1. The second kappa shape index (κ2) is 5.46. The molecule has 0 saturated heterocycles. The van der Waals surface area contributed by atoms with E-state index in [0.717, 1.165) is 23.5 Å². The number of hydrogen-bond acceptors (Lipinski definition) is 2. The van der Waals surface area contributed by atoms with Crippen LogP contribution in [0.4, 0.5) is 36.4 Å².